The summed E-state index contributed by atoms with van der Waals surface area (Å²) in [7, 11) is 1.66. The lowest BCUT2D eigenvalue weighted by atomic mass is 9.87. The fourth-order valence-corrected chi connectivity index (χ4v) is 4.04. The van der Waals surface area contributed by atoms with Gasteiger partial charge in [-0.2, -0.15) is 5.10 Å². The largest absolute Gasteiger partial charge is 0.491 e. The van der Waals surface area contributed by atoms with Crippen LogP contribution in [0.2, 0.25) is 0 Å². The number of ether oxygens (including phenoxy) is 2. The van der Waals surface area contributed by atoms with Gasteiger partial charge in [0, 0.05) is 50.5 Å². The van der Waals surface area contributed by atoms with E-state index in [1.54, 1.807) is 25.4 Å². The van der Waals surface area contributed by atoms with Gasteiger partial charge < -0.3 is 9.47 Å². The molecule has 2 heterocycles. The average Bonchev–Trinajstić information content (AvgIpc) is 3.40. The van der Waals surface area contributed by atoms with Gasteiger partial charge in [-0.15, -0.1) is 0 Å². The molecule has 152 valence electrons. The van der Waals surface area contributed by atoms with Gasteiger partial charge in [-0.3, -0.25) is 10.00 Å². The second kappa shape index (κ2) is 9.20. The summed E-state index contributed by atoms with van der Waals surface area (Å²) in [6.45, 7) is 3.83. The van der Waals surface area contributed by atoms with Crippen LogP contribution >= 0.6 is 0 Å². The van der Waals surface area contributed by atoms with Gasteiger partial charge in [-0.1, -0.05) is 24.3 Å². The molecular weight excluding hydrogens is 369 g/mol. The Morgan fingerprint density at radius 2 is 1.76 bits per heavy atom. The van der Waals surface area contributed by atoms with E-state index in [9.17, 15) is 4.39 Å². The van der Waals surface area contributed by atoms with Crippen LogP contribution in [0.4, 0.5) is 4.39 Å². The van der Waals surface area contributed by atoms with E-state index in [0.717, 1.165) is 36.6 Å². The van der Waals surface area contributed by atoms with Crippen LogP contribution in [0.5, 0.6) is 5.75 Å². The number of aromatic nitrogens is 2. The van der Waals surface area contributed by atoms with Crippen LogP contribution in [0.1, 0.15) is 28.7 Å². The number of hydrogen-bond acceptors (Lipinski definition) is 4. The van der Waals surface area contributed by atoms with Crippen molar-refractivity contribution in [3.63, 3.8) is 0 Å². The Morgan fingerprint density at radius 1 is 1.00 bits per heavy atom. The highest BCUT2D eigenvalue weighted by Gasteiger charge is 2.35. The molecule has 2 aromatic carbocycles. The van der Waals surface area contributed by atoms with E-state index in [1.165, 1.54) is 5.56 Å². The van der Waals surface area contributed by atoms with Crippen LogP contribution in [0.3, 0.4) is 0 Å². The molecule has 1 fully saturated rings. The van der Waals surface area contributed by atoms with E-state index >= 15 is 0 Å². The average molecular weight is 395 g/mol. The maximum absolute atomic E-state index is 13.4. The van der Waals surface area contributed by atoms with Gasteiger partial charge >= 0.3 is 0 Å². The molecule has 6 heteroatoms. The molecule has 1 aromatic heterocycles. The van der Waals surface area contributed by atoms with Gasteiger partial charge in [0.15, 0.2) is 0 Å². The molecule has 5 nitrogen and oxygen atoms in total. The quantitative estimate of drug-likeness (QED) is 0.587. The molecule has 3 aromatic rings. The monoisotopic (exact) mass is 395 g/mol. The molecule has 0 unspecified atom stereocenters. The molecule has 29 heavy (non-hydrogen) atoms. The minimum absolute atomic E-state index is 0.200. The van der Waals surface area contributed by atoms with Crippen molar-refractivity contribution in [1.29, 1.82) is 0 Å². The van der Waals surface area contributed by atoms with Crippen LogP contribution in [0, 0.1) is 5.82 Å². The van der Waals surface area contributed by atoms with Crippen LogP contribution < -0.4 is 4.74 Å². The summed E-state index contributed by atoms with van der Waals surface area (Å²) in [4.78, 5) is 2.44. The molecule has 0 aliphatic carbocycles. The molecule has 0 saturated carbocycles. The van der Waals surface area contributed by atoms with Crippen LogP contribution in [0.15, 0.2) is 60.8 Å². The Morgan fingerprint density at radius 3 is 2.45 bits per heavy atom. The van der Waals surface area contributed by atoms with Crippen LogP contribution in [-0.4, -0.2) is 48.5 Å². The molecule has 1 aliphatic rings. The summed E-state index contributed by atoms with van der Waals surface area (Å²) in [6.07, 6.45) is 1.79. The third-order valence-corrected chi connectivity index (χ3v) is 5.50. The van der Waals surface area contributed by atoms with Crippen molar-refractivity contribution in [3.05, 3.63) is 83.4 Å². The van der Waals surface area contributed by atoms with E-state index < -0.39 is 0 Å². The standard InChI is InChI=1S/C23H26FN3O2/c1-28-12-13-29-20-8-2-17(3-9-20)14-27-15-21(18-4-6-19(24)7-5-18)22(16-27)23-10-11-25-26-23/h2-11,21-22H,12-16H2,1H3,(H,25,26)/t21-,22+/m0/s1. The smallest absolute Gasteiger partial charge is 0.123 e. The molecule has 2 atom stereocenters. The summed E-state index contributed by atoms with van der Waals surface area (Å²) in [5.74, 6) is 1.26. The number of aromatic amines is 1. The highest BCUT2D eigenvalue weighted by atomic mass is 19.1. The number of rotatable bonds is 8. The Hall–Kier alpha value is -2.70. The molecule has 1 aliphatic heterocycles. The van der Waals surface area contributed by atoms with Gasteiger partial charge in [0.2, 0.25) is 0 Å². The lowest BCUT2D eigenvalue weighted by Crippen LogP contribution is -2.20. The lowest BCUT2D eigenvalue weighted by molar-refractivity contribution is 0.146. The Labute approximate surface area is 170 Å². The van der Waals surface area contributed by atoms with Crippen LogP contribution in [0.25, 0.3) is 0 Å². The normalized spacial score (nSPS) is 19.5. The third kappa shape index (κ3) is 4.83. The van der Waals surface area contributed by atoms with E-state index in [1.807, 2.05) is 30.3 Å². The Kier molecular flexibility index (Phi) is 6.22. The molecule has 1 saturated heterocycles. The molecule has 0 radical (unpaired) electrons. The van der Waals surface area contributed by atoms with Crippen molar-refractivity contribution in [2.75, 3.05) is 33.4 Å². The first-order chi connectivity index (χ1) is 14.2. The SMILES string of the molecule is COCCOc1ccc(CN2C[C@@H](c3ccc(F)cc3)[C@H](c3ccn[nH]3)C2)cc1. The first kappa shape index (κ1) is 19.6. The number of H-pyrrole nitrogens is 1. The highest BCUT2D eigenvalue weighted by Crippen LogP contribution is 2.39. The zero-order chi connectivity index (χ0) is 20.1. The predicted molar refractivity (Wildman–Crippen MR) is 110 cm³/mol. The van der Waals surface area contributed by atoms with Crippen molar-refractivity contribution >= 4 is 0 Å². The summed E-state index contributed by atoms with van der Waals surface area (Å²) in [5.41, 5.74) is 3.53. The number of likely N-dealkylation sites (tertiary alicyclic amines) is 1. The van der Waals surface area contributed by atoms with E-state index in [-0.39, 0.29) is 5.82 Å². The topological polar surface area (TPSA) is 50.4 Å². The zero-order valence-electron chi connectivity index (χ0n) is 16.6. The molecule has 0 amide bonds. The summed E-state index contributed by atoms with van der Waals surface area (Å²) < 4.78 is 24.0. The second-order valence-corrected chi connectivity index (χ2v) is 7.46. The van der Waals surface area contributed by atoms with Gasteiger partial charge in [-0.05, 0) is 41.5 Å². The number of nitrogens with one attached hydrogen (secondary N) is 1. The van der Waals surface area contributed by atoms with Gasteiger partial charge in [0.25, 0.3) is 0 Å². The van der Waals surface area contributed by atoms with Crippen molar-refractivity contribution in [3.8, 4) is 5.75 Å². The number of nitrogens with zero attached hydrogens (tertiary/aromatic N) is 2. The zero-order valence-corrected chi connectivity index (χ0v) is 16.6. The summed E-state index contributed by atoms with van der Waals surface area (Å²) >= 11 is 0. The van der Waals surface area contributed by atoms with E-state index in [0.29, 0.717) is 25.0 Å². The fraction of sp³-hybridized carbons (Fsp3) is 0.348. The molecule has 0 bridgehead atoms. The van der Waals surface area contributed by atoms with Crippen molar-refractivity contribution in [2.24, 2.45) is 0 Å². The van der Waals surface area contributed by atoms with Crippen LogP contribution in [-0.2, 0) is 11.3 Å². The molecule has 0 spiro atoms. The Bertz CT molecular complexity index is 882. The summed E-state index contributed by atoms with van der Waals surface area (Å²) in [6, 6.07) is 17.2. The van der Waals surface area contributed by atoms with Gasteiger partial charge in [0.05, 0.1) is 6.61 Å². The third-order valence-electron chi connectivity index (χ3n) is 5.50. The number of hydrogen-bond donors (Lipinski definition) is 1. The maximum atomic E-state index is 13.4. The maximum Gasteiger partial charge on any atom is 0.123 e. The van der Waals surface area contributed by atoms with E-state index in [4.69, 9.17) is 9.47 Å². The van der Waals surface area contributed by atoms with Crippen molar-refractivity contribution in [2.45, 2.75) is 18.4 Å². The minimum atomic E-state index is -0.200. The first-order valence-corrected chi connectivity index (χ1v) is 9.90. The lowest BCUT2D eigenvalue weighted by Gasteiger charge is -2.17. The highest BCUT2D eigenvalue weighted by molar-refractivity contribution is 5.30. The Balaban J connectivity index is 1.45. The van der Waals surface area contributed by atoms with Crippen molar-refractivity contribution < 1.29 is 13.9 Å². The first-order valence-electron chi connectivity index (χ1n) is 9.90. The van der Waals surface area contributed by atoms with Gasteiger partial charge in [-0.25, -0.2) is 4.39 Å². The van der Waals surface area contributed by atoms with Gasteiger partial charge in [0.1, 0.15) is 18.2 Å². The van der Waals surface area contributed by atoms with Crippen molar-refractivity contribution in [1.82, 2.24) is 15.1 Å². The number of halogens is 1. The molecular formula is C23H26FN3O2. The minimum Gasteiger partial charge on any atom is -0.491 e. The number of benzene rings is 2. The predicted octanol–water partition coefficient (Wildman–Crippen LogP) is 3.96. The second-order valence-electron chi connectivity index (χ2n) is 7.46. The number of methoxy groups -OCH3 is 1. The fourth-order valence-electron chi connectivity index (χ4n) is 4.04. The van der Waals surface area contributed by atoms with E-state index in [2.05, 4.69) is 27.2 Å². The summed E-state index contributed by atoms with van der Waals surface area (Å²) in [5, 5.41) is 7.26. The molecule has 1 N–H and O–H groups in total. The molecule has 4 rings (SSSR count).